The number of benzene rings is 1. The van der Waals surface area contributed by atoms with Gasteiger partial charge < -0.3 is 11.1 Å². The normalized spacial score (nSPS) is 29.4. The zero-order valence-electron chi connectivity index (χ0n) is 18.8. The van der Waals surface area contributed by atoms with Gasteiger partial charge in [-0.15, -0.1) is 0 Å². The Morgan fingerprint density at radius 2 is 2.06 bits per heavy atom. The topological polar surface area (TPSA) is 109 Å². The smallest absolute Gasteiger partial charge is 0.275 e. The van der Waals surface area contributed by atoms with E-state index in [9.17, 15) is 9.00 Å². The van der Waals surface area contributed by atoms with Crippen LogP contribution in [0.3, 0.4) is 0 Å². The molecule has 3 atom stereocenters. The van der Waals surface area contributed by atoms with Crippen LogP contribution in [0, 0.1) is 5.82 Å². The number of amides is 1. The quantitative estimate of drug-likeness (QED) is 0.339. The number of hydrogen-bond donors (Lipinski definition) is 2. The lowest BCUT2D eigenvalue weighted by molar-refractivity contribution is -0.112. The molecule has 0 aromatic heterocycles. The number of anilines is 1. The first-order valence-corrected chi connectivity index (χ1v) is 12.5. The van der Waals surface area contributed by atoms with Gasteiger partial charge in [-0.3, -0.25) is 14.8 Å². The summed E-state index contributed by atoms with van der Waals surface area (Å²) < 4.78 is 32.5. The highest BCUT2D eigenvalue weighted by Gasteiger charge is 2.56. The molecule has 0 unspecified atom stereocenters. The minimum Gasteiger partial charge on any atom is -0.386 e. The SMILES string of the molecule is C=N/C(C(=O)Nc1ccc(F)c([C@@]2(C)N=C(N)C(C)(C)[S@@]3(=O)=NCC[C@@H]23)c1)=C(Cl)\C=C(/C)Cl. The molecule has 0 fully saturated rings. The molecule has 0 saturated heterocycles. The molecule has 0 radical (unpaired) electrons. The minimum absolute atomic E-state index is 0.00323. The van der Waals surface area contributed by atoms with Gasteiger partial charge in [-0.05, 0) is 65.1 Å². The summed E-state index contributed by atoms with van der Waals surface area (Å²) in [5.41, 5.74) is 5.29. The Morgan fingerprint density at radius 1 is 1.39 bits per heavy atom. The fourth-order valence-electron chi connectivity index (χ4n) is 4.18. The first kappa shape index (κ1) is 25.4. The van der Waals surface area contributed by atoms with Gasteiger partial charge in [0, 0.05) is 22.8 Å². The molecule has 3 N–H and O–H groups in total. The molecule has 0 bridgehead atoms. The minimum atomic E-state index is -2.82. The average Bonchev–Trinajstić information content (AvgIpc) is 3.13. The van der Waals surface area contributed by atoms with Gasteiger partial charge in [0.15, 0.2) is 0 Å². The van der Waals surface area contributed by atoms with Crippen molar-refractivity contribution in [1.82, 2.24) is 0 Å². The maximum absolute atomic E-state index is 15.1. The molecular formula is C22H26Cl2FN5O2S. The molecule has 0 spiro atoms. The van der Waals surface area contributed by atoms with Crippen molar-refractivity contribution in [2.75, 3.05) is 11.9 Å². The number of nitrogens with one attached hydrogen (secondary N) is 1. The third-order valence-corrected chi connectivity index (χ3v) is 10.2. The molecule has 2 heterocycles. The van der Waals surface area contributed by atoms with Crippen LogP contribution >= 0.6 is 23.2 Å². The van der Waals surface area contributed by atoms with Crippen LogP contribution in [0.2, 0.25) is 0 Å². The number of nitrogens with two attached hydrogens (primary N) is 1. The van der Waals surface area contributed by atoms with Gasteiger partial charge in [-0.1, -0.05) is 23.2 Å². The number of aliphatic imine (C=N–C) groups is 2. The van der Waals surface area contributed by atoms with Crippen LogP contribution in [0.25, 0.3) is 0 Å². The summed E-state index contributed by atoms with van der Waals surface area (Å²) in [6, 6.07) is 4.07. The van der Waals surface area contributed by atoms with Crippen LogP contribution in [0.15, 0.2) is 54.4 Å². The van der Waals surface area contributed by atoms with Gasteiger partial charge in [-0.2, -0.15) is 0 Å². The zero-order valence-corrected chi connectivity index (χ0v) is 21.1. The summed E-state index contributed by atoms with van der Waals surface area (Å²) in [5.74, 6) is -1.06. The molecular weight excluding hydrogens is 488 g/mol. The van der Waals surface area contributed by atoms with Crippen LogP contribution in [0.5, 0.6) is 0 Å². The highest BCUT2D eigenvalue weighted by molar-refractivity contribution is 7.96. The van der Waals surface area contributed by atoms with Crippen molar-refractivity contribution in [2.24, 2.45) is 20.1 Å². The number of allylic oxidation sites excluding steroid dienone is 3. The van der Waals surface area contributed by atoms with Crippen molar-refractivity contribution in [3.8, 4) is 0 Å². The lowest BCUT2D eigenvalue weighted by Gasteiger charge is -2.44. The number of halogens is 3. The monoisotopic (exact) mass is 513 g/mol. The van der Waals surface area contributed by atoms with Crippen molar-refractivity contribution >= 4 is 57.1 Å². The van der Waals surface area contributed by atoms with Crippen molar-refractivity contribution < 1.29 is 13.4 Å². The van der Waals surface area contributed by atoms with Gasteiger partial charge in [0.2, 0.25) is 0 Å². The van der Waals surface area contributed by atoms with Crippen LogP contribution < -0.4 is 11.1 Å². The van der Waals surface area contributed by atoms with E-state index in [4.69, 9.17) is 28.9 Å². The van der Waals surface area contributed by atoms with Gasteiger partial charge in [-0.25, -0.2) is 13.0 Å². The fraction of sp³-hybridized carbons (Fsp3) is 0.409. The van der Waals surface area contributed by atoms with E-state index < -0.39 is 37.0 Å². The van der Waals surface area contributed by atoms with Crippen molar-refractivity contribution in [3.05, 3.63) is 51.4 Å². The Balaban J connectivity index is 2.08. The molecule has 33 heavy (non-hydrogen) atoms. The second kappa shape index (κ2) is 8.85. The summed E-state index contributed by atoms with van der Waals surface area (Å²) >= 11 is 11.9. The van der Waals surface area contributed by atoms with Gasteiger partial charge in [0.25, 0.3) is 5.91 Å². The number of rotatable bonds is 5. The maximum atomic E-state index is 15.1. The predicted molar refractivity (Wildman–Crippen MR) is 134 cm³/mol. The standard InChI is InChI=1S/C22H26Cl2FN5O2S/c1-12(23)10-15(24)18(27-5)19(31)29-13-6-7-16(25)14(11-13)22(4)17-8-9-28-33(17,32)21(2,3)20(26)30-22/h6-7,10-11,17H,5,8-9H2,1-4H3,(H2,26,30)(H,29,31)/b12-10+,18-15+/t17-,22+,33+/m0/s1. The third-order valence-electron chi connectivity index (χ3n) is 6.08. The second-order valence-corrected chi connectivity index (χ2v) is 12.6. The van der Waals surface area contributed by atoms with Gasteiger partial charge in [0.1, 0.15) is 27.6 Å². The van der Waals surface area contributed by atoms with Gasteiger partial charge in [0.05, 0.1) is 20.0 Å². The first-order chi connectivity index (χ1) is 15.3. The first-order valence-electron chi connectivity index (χ1n) is 10.2. The summed E-state index contributed by atoms with van der Waals surface area (Å²) in [6.07, 6.45) is 1.85. The number of carbonyl (C=O) groups is 1. The molecule has 0 aliphatic carbocycles. The molecule has 178 valence electrons. The highest BCUT2D eigenvalue weighted by atomic mass is 35.5. The van der Waals surface area contributed by atoms with E-state index in [2.05, 4.69) is 26.4 Å². The Morgan fingerprint density at radius 3 is 2.67 bits per heavy atom. The molecule has 7 nitrogen and oxygen atoms in total. The second-order valence-electron chi connectivity index (χ2n) is 8.59. The molecule has 2 aliphatic rings. The third kappa shape index (κ3) is 4.22. The average molecular weight is 514 g/mol. The van der Waals surface area contributed by atoms with Crippen molar-refractivity contribution in [2.45, 2.75) is 49.7 Å². The van der Waals surface area contributed by atoms with E-state index in [1.807, 2.05) is 0 Å². The zero-order chi connectivity index (χ0) is 24.8. The lowest BCUT2D eigenvalue weighted by Crippen LogP contribution is -2.58. The summed E-state index contributed by atoms with van der Waals surface area (Å²) in [6.45, 7) is 10.6. The summed E-state index contributed by atoms with van der Waals surface area (Å²) in [7, 11) is -2.82. The molecule has 1 amide bonds. The molecule has 2 aliphatic heterocycles. The van der Waals surface area contributed by atoms with E-state index in [1.54, 1.807) is 27.7 Å². The summed E-state index contributed by atoms with van der Waals surface area (Å²) in [5, 5.41) is 2.46. The number of nitrogens with zero attached hydrogens (tertiary/aromatic N) is 3. The van der Waals surface area contributed by atoms with E-state index in [-0.39, 0.29) is 27.8 Å². The number of fused-ring (bicyclic) bond motifs is 1. The Labute approximate surface area is 203 Å². The molecule has 1 aromatic carbocycles. The molecule has 0 saturated carbocycles. The van der Waals surface area contributed by atoms with E-state index in [0.29, 0.717) is 18.0 Å². The number of hydrogen-bond acceptors (Lipinski definition) is 6. The summed E-state index contributed by atoms with van der Waals surface area (Å²) in [4.78, 5) is 21.0. The van der Waals surface area contributed by atoms with E-state index in [1.165, 1.54) is 24.3 Å². The highest BCUT2D eigenvalue weighted by Crippen LogP contribution is 2.48. The lowest BCUT2D eigenvalue weighted by atomic mass is 9.85. The Bertz CT molecular complexity index is 1240. The van der Waals surface area contributed by atoms with E-state index in [0.717, 1.165) is 0 Å². The molecule has 3 rings (SSSR count). The Kier molecular flexibility index (Phi) is 6.81. The maximum Gasteiger partial charge on any atom is 0.275 e. The van der Waals surface area contributed by atoms with Crippen LogP contribution in [0.4, 0.5) is 10.1 Å². The largest absolute Gasteiger partial charge is 0.386 e. The number of amidine groups is 1. The molecule has 11 heteroatoms. The van der Waals surface area contributed by atoms with Crippen LogP contribution in [-0.2, 0) is 20.1 Å². The fourth-order valence-corrected chi connectivity index (χ4v) is 7.82. The van der Waals surface area contributed by atoms with Crippen molar-refractivity contribution in [3.63, 3.8) is 0 Å². The predicted octanol–water partition coefficient (Wildman–Crippen LogP) is 4.66. The van der Waals surface area contributed by atoms with Crippen molar-refractivity contribution in [1.29, 1.82) is 0 Å². The van der Waals surface area contributed by atoms with Crippen LogP contribution in [0.1, 0.15) is 39.7 Å². The van der Waals surface area contributed by atoms with E-state index >= 15 is 4.39 Å². The molecule has 1 aromatic rings. The number of carbonyl (C=O) groups excluding carboxylic acids is 1. The van der Waals surface area contributed by atoms with Gasteiger partial charge >= 0.3 is 0 Å². The Hall–Kier alpha value is -2.23. The van der Waals surface area contributed by atoms with Crippen LogP contribution in [-0.4, -0.2) is 39.2 Å².